The average Bonchev–Trinajstić information content (AvgIpc) is 3.08. The van der Waals surface area contributed by atoms with Crippen LogP contribution >= 0.6 is 0 Å². The van der Waals surface area contributed by atoms with Gasteiger partial charge < -0.3 is 9.29 Å². The highest BCUT2D eigenvalue weighted by atomic mass is 32.2. The van der Waals surface area contributed by atoms with Gasteiger partial charge in [-0.05, 0) is 58.8 Å². The Morgan fingerprint density at radius 1 is 1.29 bits per heavy atom. The smallest absolute Gasteiger partial charge is 0.357 e. The van der Waals surface area contributed by atoms with Crippen molar-refractivity contribution in [3.05, 3.63) is 0 Å². The van der Waals surface area contributed by atoms with Crippen LogP contribution in [-0.4, -0.2) is 27.1 Å². The Kier molecular flexibility index (Phi) is 5.90. The van der Waals surface area contributed by atoms with Gasteiger partial charge >= 0.3 is 5.97 Å². The van der Waals surface area contributed by atoms with Crippen LogP contribution in [0.5, 0.6) is 0 Å². The molecule has 4 nitrogen and oxygen atoms in total. The van der Waals surface area contributed by atoms with Crippen molar-refractivity contribution in [1.29, 1.82) is 0 Å². The van der Waals surface area contributed by atoms with Crippen molar-refractivity contribution >= 4 is 23.0 Å². The summed E-state index contributed by atoms with van der Waals surface area (Å²) in [6.07, 6.45) is 2.71. The van der Waals surface area contributed by atoms with Gasteiger partial charge in [-0.25, -0.2) is 4.79 Å². The summed E-state index contributed by atoms with van der Waals surface area (Å²) < 4.78 is 21.3. The van der Waals surface area contributed by atoms with Crippen molar-refractivity contribution in [2.24, 2.45) is 15.7 Å². The molecular formula is C16H29NO3S. The van der Waals surface area contributed by atoms with E-state index in [1.807, 2.05) is 34.6 Å². The standard InChI is InChI=1S/C16H29NO3S/c1-11(2)20-14(18)13(17-21(19)15(3,4)5)10-16(6,7)12-8-9-12/h11-12H,8-10H2,1-7H3/b17-13+. The van der Waals surface area contributed by atoms with Crippen LogP contribution in [0.15, 0.2) is 4.40 Å². The van der Waals surface area contributed by atoms with Crippen LogP contribution in [0, 0.1) is 11.3 Å². The number of hydrogen-bond acceptors (Lipinski definition) is 4. The maximum atomic E-state index is 12.3. The Labute approximate surface area is 132 Å². The van der Waals surface area contributed by atoms with Crippen molar-refractivity contribution in [2.75, 3.05) is 0 Å². The molecule has 1 atom stereocenters. The highest BCUT2D eigenvalue weighted by Crippen LogP contribution is 2.47. The molecule has 0 saturated heterocycles. The Morgan fingerprint density at radius 2 is 1.81 bits per heavy atom. The Hall–Kier alpha value is -0.550. The van der Waals surface area contributed by atoms with Crippen molar-refractivity contribution in [2.45, 2.75) is 78.6 Å². The van der Waals surface area contributed by atoms with Gasteiger partial charge in [0.1, 0.15) is 16.1 Å². The molecule has 1 unspecified atom stereocenters. The van der Waals surface area contributed by atoms with Gasteiger partial charge in [0.2, 0.25) is 0 Å². The molecule has 0 amide bonds. The lowest BCUT2D eigenvalue weighted by Gasteiger charge is -2.25. The van der Waals surface area contributed by atoms with Gasteiger partial charge in [0.05, 0.1) is 6.10 Å². The number of esters is 1. The van der Waals surface area contributed by atoms with E-state index in [1.54, 1.807) is 0 Å². The largest absolute Gasteiger partial charge is 0.591 e. The number of carbonyl (C=O) groups excluding carboxylic acids is 1. The molecule has 1 aliphatic rings. The molecule has 0 bridgehead atoms. The molecule has 0 N–H and O–H groups in total. The van der Waals surface area contributed by atoms with E-state index in [-0.39, 0.29) is 11.5 Å². The number of nitrogens with zero attached hydrogens (tertiary/aromatic N) is 1. The van der Waals surface area contributed by atoms with Crippen molar-refractivity contribution in [1.82, 2.24) is 0 Å². The summed E-state index contributed by atoms with van der Waals surface area (Å²) in [5.74, 6) is 0.189. The number of rotatable bonds is 6. The Morgan fingerprint density at radius 3 is 2.19 bits per heavy atom. The molecule has 0 aromatic carbocycles. The molecule has 0 aliphatic heterocycles. The van der Waals surface area contributed by atoms with Gasteiger partial charge in [0.25, 0.3) is 0 Å². The lowest BCUT2D eigenvalue weighted by molar-refractivity contribution is -0.139. The van der Waals surface area contributed by atoms with Gasteiger partial charge in [0.15, 0.2) is 5.71 Å². The third-order valence-electron chi connectivity index (χ3n) is 3.60. The lowest BCUT2D eigenvalue weighted by atomic mass is 9.82. The summed E-state index contributed by atoms with van der Waals surface area (Å²) in [4.78, 5) is 12.2. The van der Waals surface area contributed by atoms with Crippen LogP contribution in [0.1, 0.15) is 67.7 Å². The van der Waals surface area contributed by atoms with Crippen LogP contribution in [0.2, 0.25) is 0 Å². The van der Waals surface area contributed by atoms with Crippen LogP contribution in [-0.2, 0) is 20.9 Å². The van der Waals surface area contributed by atoms with Crippen molar-refractivity contribution in [3.63, 3.8) is 0 Å². The zero-order chi connectivity index (χ0) is 16.4. The third kappa shape index (κ3) is 5.99. The first kappa shape index (κ1) is 18.5. The lowest BCUT2D eigenvalue weighted by Crippen LogP contribution is -2.32. The fourth-order valence-electron chi connectivity index (χ4n) is 2.10. The van der Waals surface area contributed by atoms with Gasteiger partial charge in [-0.1, -0.05) is 18.2 Å². The summed E-state index contributed by atoms with van der Waals surface area (Å²) in [7, 11) is 0. The average molecular weight is 315 g/mol. The molecule has 0 heterocycles. The van der Waals surface area contributed by atoms with Crippen molar-refractivity contribution < 1.29 is 14.1 Å². The predicted octanol–water partition coefficient (Wildman–Crippen LogP) is 3.67. The van der Waals surface area contributed by atoms with Gasteiger partial charge in [-0.15, -0.1) is 0 Å². The molecule has 0 aromatic rings. The molecule has 122 valence electrons. The summed E-state index contributed by atoms with van der Waals surface area (Å²) in [5, 5.41) is 0. The van der Waals surface area contributed by atoms with Crippen LogP contribution in [0.3, 0.4) is 0 Å². The first-order valence-electron chi connectivity index (χ1n) is 7.64. The molecule has 0 aromatic heterocycles. The quantitative estimate of drug-likeness (QED) is 0.427. The SMILES string of the molecule is CC(C)OC(=O)/C(CC(C)(C)C1CC1)=N/[S+]([O-])C(C)(C)C. The zero-order valence-electron chi connectivity index (χ0n) is 14.4. The molecule has 21 heavy (non-hydrogen) atoms. The van der Waals surface area contributed by atoms with Crippen LogP contribution in [0.25, 0.3) is 0 Å². The molecule has 1 saturated carbocycles. The van der Waals surface area contributed by atoms with Crippen LogP contribution < -0.4 is 0 Å². The first-order valence-corrected chi connectivity index (χ1v) is 8.74. The second-order valence-electron chi connectivity index (χ2n) is 7.79. The molecule has 0 radical (unpaired) electrons. The van der Waals surface area contributed by atoms with E-state index in [0.29, 0.717) is 18.1 Å². The Balaban J connectivity index is 2.93. The van der Waals surface area contributed by atoms with E-state index in [2.05, 4.69) is 18.2 Å². The highest BCUT2D eigenvalue weighted by Gasteiger charge is 2.41. The molecular weight excluding hydrogens is 286 g/mol. The molecule has 0 spiro atoms. The van der Waals surface area contributed by atoms with Crippen LogP contribution in [0.4, 0.5) is 0 Å². The normalized spacial score (nSPS) is 18.8. The molecule has 5 heteroatoms. The summed E-state index contributed by atoms with van der Waals surface area (Å²) in [6.45, 7) is 13.5. The first-order chi connectivity index (χ1) is 9.43. The van der Waals surface area contributed by atoms with E-state index in [1.165, 1.54) is 12.8 Å². The fourth-order valence-corrected chi connectivity index (χ4v) is 2.71. The summed E-state index contributed by atoms with van der Waals surface area (Å²) in [5.41, 5.74) is 0.311. The molecule has 1 fully saturated rings. The minimum Gasteiger partial charge on any atom is -0.591 e. The second-order valence-corrected chi connectivity index (χ2v) is 9.70. The highest BCUT2D eigenvalue weighted by molar-refractivity contribution is 7.91. The number of hydrogen-bond donors (Lipinski definition) is 0. The van der Waals surface area contributed by atoms with E-state index in [4.69, 9.17) is 4.74 Å². The van der Waals surface area contributed by atoms with Crippen molar-refractivity contribution in [3.8, 4) is 0 Å². The van der Waals surface area contributed by atoms with Gasteiger partial charge in [-0.2, -0.15) is 0 Å². The minimum absolute atomic E-state index is 0.00306. The number of ether oxygens (including phenoxy) is 1. The predicted molar refractivity (Wildman–Crippen MR) is 87.7 cm³/mol. The maximum absolute atomic E-state index is 12.3. The maximum Gasteiger partial charge on any atom is 0.357 e. The molecule has 1 aliphatic carbocycles. The Bertz CT molecular complexity index is 406. The van der Waals surface area contributed by atoms with E-state index in [9.17, 15) is 9.35 Å². The topological polar surface area (TPSA) is 61.7 Å². The third-order valence-corrected chi connectivity index (χ3v) is 5.03. The number of carbonyl (C=O) groups is 1. The molecule has 1 rings (SSSR count). The van der Waals surface area contributed by atoms with E-state index in [0.717, 1.165) is 0 Å². The summed E-state index contributed by atoms with van der Waals surface area (Å²) in [6, 6.07) is 0. The second kappa shape index (κ2) is 6.69. The van der Waals surface area contributed by atoms with Gasteiger partial charge in [0, 0.05) is 6.42 Å². The van der Waals surface area contributed by atoms with E-state index >= 15 is 0 Å². The minimum atomic E-state index is -1.44. The van der Waals surface area contributed by atoms with Gasteiger partial charge in [-0.3, -0.25) is 0 Å². The summed E-state index contributed by atoms with van der Waals surface area (Å²) >= 11 is -1.44. The fraction of sp³-hybridized carbons (Fsp3) is 0.875. The monoisotopic (exact) mass is 315 g/mol. The zero-order valence-corrected chi connectivity index (χ0v) is 15.2. The van der Waals surface area contributed by atoms with E-state index < -0.39 is 22.1 Å².